The minimum Gasteiger partial charge on any atom is -0.337 e. The summed E-state index contributed by atoms with van der Waals surface area (Å²) in [5, 5.41) is 2.23. The highest BCUT2D eigenvalue weighted by Gasteiger charge is 2.29. The van der Waals surface area contributed by atoms with E-state index in [2.05, 4.69) is 23.7 Å². The van der Waals surface area contributed by atoms with Crippen LogP contribution >= 0.6 is 23.1 Å². The van der Waals surface area contributed by atoms with Crippen molar-refractivity contribution in [2.45, 2.75) is 76.4 Å². The van der Waals surface area contributed by atoms with Gasteiger partial charge in [-0.15, -0.1) is 11.3 Å². The fourth-order valence-corrected chi connectivity index (χ4v) is 6.63. The molecule has 4 nitrogen and oxygen atoms in total. The van der Waals surface area contributed by atoms with Gasteiger partial charge in [-0.3, -0.25) is 4.79 Å². The summed E-state index contributed by atoms with van der Waals surface area (Å²) in [6, 6.07) is 0.712. The van der Waals surface area contributed by atoms with Crippen LogP contribution in [0.25, 0.3) is 10.2 Å². The predicted octanol–water partition coefficient (Wildman–Crippen LogP) is 4.37. The Hall–Kier alpha value is -1.14. The monoisotopic (exact) mass is 375 g/mol. The Kier molecular flexibility index (Phi) is 4.75. The van der Waals surface area contributed by atoms with Crippen molar-refractivity contribution < 1.29 is 4.79 Å². The maximum Gasteiger partial charge on any atom is 0.233 e. The van der Waals surface area contributed by atoms with Gasteiger partial charge in [-0.05, 0) is 64.9 Å². The molecule has 1 amide bonds. The molecule has 1 aliphatic carbocycles. The van der Waals surface area contributed by atoms with Gasteiger partial charge in [-0.25, -0.2) is 9.97 Å². The molecule has 0 radical (unpaired) electrons. The van der Waals surface area contributed by atoms with Crippen LogP contribution < -0.4 is 0 Å². The van der Waals surface area contributed by atoms with Crippen LogP contribution in [0.5, 0.6) is 0 Å². The van der Waals surface area contributed by atoms with E-state index in [1.165, 1.54) is 35.1 Å². The standard InChI is InChI=1S/C19H25N3OS2/c1-11-6-4-7-12(2)22(11)16(23)10-24-18-17-14-8-5-9-15(14)25-19(17)21-13(3)20-18/h11-12H,4-10H2,1-3H3/t11-,12-/m1/s1. The maximum atomic E-state index is 12.8. The largest absolute Gasteiger partial charge is 0.337 e. The molecule has 1 saturated heterocycles. The molecule has 3 heterocycles. The van der Waals surface area contributed by atoms with E-state index in [1.807, 2.05) is 18.3 Å². The van der Waals surface area contributed by atoms with Gasteiger partial charge in [0.1, 0.15) is 15.7 Å². The number of nitrogens with zero attached hydrogens (tertiary/aromatic N) is 3. The van der Waals surface area contributed by atoms with E-state index in [0.29, 0.717) is 17.8 Å². The number of amides is 1. The quantitative estimate of drug-likeness (QED) is 0.590. The molecule has 1 aliphatic heterocycles. The van der Waals surface area contributed by atoms with Crippen LogP contribution in [-0.4, -0.2) is 38.6 Å². The van der Waals surface area contributed by atoms with Gasteiger partial charge in [-0.1, -0.05) is 11.8 Å². The first kappa shape index (κ1) is 17.3. The summed E-state index contributed by atoms with van der Waals surface area (Å²) in [6.45, 7) is 6.30. The van der Waals surface area contributed by atoms with E-state index in [-0.39, 0.29) is 5.91 Å². The Bertz CT molecular complexity index is 807. The smallest absolute Gasteiger partial charge is 0.233 e. The number of carbonyl (C=O) groups excluding carboxylic acids is 1. The molecule has 0 spiro atoms. The second-order valence-electron chi connectivity index (χ2n) is 7.33. The lowest BCUT2D eigenvalue weighted by atomic mass is 9.98. The molecule has 1 fully saturated rings. The zero-order valence-corrected chi connectivity index (χ0v) is 16.8. The first-order valence-electron chi connectivity index (χ1n) is 9.27. The second kappa shape index (κ2) is 6.88. The number of fused-ring (bicyclic) bond motifs is 3. The summed E-state index contributed by atoms with van der Waals surface area (Å²) in [5.41, 5.74) is 1.44. The summed E-state index contributed by atoms with van der Waals surface area (Å²) < 4.78 is 0. The molecule has 25 heavy (non-hydrogen) atoms. The Morgan fingerprint density at radius 1 is 1.20 bits per heavy atom. The van der Waals surface area contributed by atoms with Crippen LogP contribution in [0.4, 0.5) is 0 Å². The molecule has 0 aromatic carbocycles. The number of hydrogen-bond acceptors (Lipinski definition) is 5. The zero-order valence-electron chi connectivity index (χ0n) is 15.2. The molecule has 134 valence electrons. The molecule has 2 aromatic heterocycles. The summed E-state index contributed by atoms with van der Waals surface area (Å²) >= 11 is 3.42. The van der Waals surface area contributed by atoms with Gasteiger partial charge in [0, 0.05) is 22.3 Å². The van der Waals surface area contributed by atoms with Crippen LogP contribution in [0.2, 0.25) is 0 Å². The Morgan fingerprint density at radius 2 is 1.96 bits per heavy atom. The lowest BCUT2D eigenvalue weighted by Gasteiger charge is -2.39. The number of aromatic nitrogens is 2. The van der Waals surface area contributed by atoms with Crippen molar-refractivity contribution in [3.8, 4) is 0 Å². The van der Waals surface area contributed by atoms with Crippen LogP contribution in [-0.2, 0) is 17.6 Å². The Balaban J connectivity index is 1.57. The average Bonchev–Trinajstić information content (AvgIpc) is 3.12. The number of rotatable bonds is 3. The first-order chi connectivity index (χ1) is 12.0. The van der Waals surface area contributed by atoms with Crippen molar-refractivity contribution in [2.75, 3.05) is 5.75 Å². The van der Waals surface area contributed by atoms with Crippen LogP contribution in [0, 0.1) is 6.92 Å². The minimum atomic E-state index is 0.251. The van der Waals surface area contributed by atoms with Crippen molar-refractivity contribution in [1.82, 2.24) is 14.9 Å². The van der Waals surface area contributed by atoms with E-state index in [4.69, 9.17) is 4.98 Å². The second-order valence-corrected chi connectivity index (χ2v) is 9.38. The third kappa shape index (κ3) is 3.19. The van der Waals surface area contributed by atoms with E-state index >= 15 is 0 Å². The summed E-state index contributed by atoms with van der Waals surface area (Å²) in [4.78, 5) is 26.9. The van der Waals surface area contributed by atoms with Gasteiger partial charge in [-0.2, -0.15) is 0 Å². The number of aryl methyl sites for hydroxylation is 3. The molecule has 4 rings (SSSR count). The van der Waals surface area contributed by atoms with E-state index in [0.717, 1.165) is 34.9 Å². The van der Waals surface area contributed by atoms with Gasteiger partial charge < -0.3 is 4.90 Å². The zero-order chi connectivity index (χ0) is 17.6. The fraction of sp³-hybridized carbons (Fsp3) is 0.632. The van der Waals surface area contributed by atoms with Gasteiger partial charge >= 0.3 is 0 Å². The van der Waals surface area contributed by atoms with Crippen LogP contribution in [0.15, 0.2) is 5.03 Å². The van der Waals surface area contributed by atoms with Crippen molar-refractivity contribution in [2.24, 2.45) is 0 Å². The summed E-state index contributed by atoms with van der Waals surface area (Å²) in [6.07, 6.45) is 7.00. The molecule has 2 atom stereocenters. The maximum absolute atomic E-state index is 12.8. The number of thiophene rings is 1. The lowest BCUT2D eigenvalue weighted by Crippen LogP contribution is -2.48. The van der Waals surface area contributed by atoms with Crippen LogP contribution in [0.1, 0.15) is 55.8 Å². The summed E-state index contributed by atoms with van der Waals surface area (Å²) in [7, 11) is 0. The van der Waals surface area contributed by atoms with Gasteiger partial charge in [0.25, 0.3) is 0 Å². The fourth-order valence-electron chi connectivity index (χ4n) is 4.29. The number of thioether (sulfide) groups is 1. The molecular weight excluding hydrogens is 350 g/mol. The number of likely N-dealkylation sites (tertiary alicyclic amines) is 1. The molecule has 0 N–H and O–H groups in total. The van der Waals surface area contributed by atoms with Crippen molar-refractivity contribution in [3.05, 3.63) is 16.3 Å². The Labute approximate surface area is 157 Å². The molecule has 0 saturated carbocycles. The number of carbonyl (C=O) groups is 1. The van der Waals surface area contributed by atoms with Gasteiger partial charge in [0.2, 0.25) is 5.91 Å². The van der Waals surface area contributed by atoms with Crippen molar-refractivity contribution >= 4 is 39.2 Å². The van der Waals surface area contributed by atoms with E-state index < -0.39 is 0 Å². The number of hydrogen-bond donors (Lipinski definition) is 0. The van der Waals surface area contributed by atoms with E-state index in [9.17, 15) is 4.79 Å². The van der Waals surface area contributed by atoms with Crippen LogP contribution in [0.3, 0.4) is 0 Å². The van der Waals surface area contributed by atoms with Gasteiger partial charge in [0.15, 0.2) is 0 Å². The SMILES string of the molecule is Cc1nc(SCC(=O)N2[C@H](C)CCC[C@H]2C)c2c3c(sc2n1)CCC3. The highest BCUT2D eigenvalue weighted by atomic mass is 32.2. The highest BCUT2D eigenvalue weighted by Crippen LogP contribution is 2.40. The molecule has 2 aliphatic rings. The van der Waals surface area contributed by atoms with Crippen molar-refractivity contribution in [1.29, 1.82) is 0 Å². The van der Waals surface area contributed by atoms with Gasteiger partial charge in [0.05, 0.1) is 5.75 Å². The number of piperidine rings is 1. The lowest BCUT2D eigenvalue weighted by molar-refractivity contribution is -0.134. The third-order valence-electron chi connectivity index (χ3n) is 5.46. The highest BCUT2D eigenvalue weighted by molar-refractivity contribution is 8.00. The first-order valence-corrected chi connectivity index (χ1v) is 11.1. The molecule has 6 heteroatoms. The third-order valence-corrected chi connectivity index (χ3v) is 7.60. The topological polar surface area (TPSA) is 46.1 Å². The average molecular weight is 376 g/mol. The molecule has 0 bridgehead atoms. The summed E-state index contributed by atoms with van der Waals surface area (Å²) in [5.74, 6) is 1.54. The molecular formula is C19H25N3OS2. The molecule has 2 aromatic rings. The van der Waals surface area contributed by atoms with E-state index in [1.54, 1.807) is 11.8 Å². The minimum absolute atomic E-state index is 0.251. The molecule has 0 unspecified atom stereocenters. The predicted molar refractivity (Wildman–Crippen MR) is 105 cm³/mol. The normalized spacial score (nSPS) is 23.2. The van der Waals surface area contributed by atoms with Crippen molar-refractivity contribution in [3.63, 3.8) is 0 Å². The Morgan fingerprint density at radius 3 is 2.72 bits per heavy atom.